The highest BCUT2D eigenvalue weighted by Gasteiger charge is 2.67. The molecule has 1 saturated heterocycles. The minimum absolute atomic E-state index is 0.0470. The number of fused-ring (bicyclic) bond motifs is 5. The van der Waals surface area contributed by atoms with Gasteiger partial charge in [-0.1, -0.05) is 49.6 Å². The lowest BCUT2D eigenvalue weighted by Gasteiger charge is -2.30. The number of nitro benzene ring substituents is 1. The van der Waals surface area contributed by atoms with Crippen LogP contribution in [0.1, 0.15) is 32.7 Å². The zero-order valence-corrected chi connectivity index (χ0v) is 28.0. The number of hydrogen-bond acceptors (Lipinski definition) is 9. The molecule has 0 N–H and O–H groups in total. The number of carbonyl (C=O) groups is 4. The van der Waals surface area contributed by atoms with Crippen molar-refractivity contribution in [3.8, 4) is 5.75 Å². The normalized spacial score (nSPS) is 25.0. The van der Waals surface area contributed by atoms with E-state index in [0.717, 1.165) is 27.7 Å². The molecule has 0 aromatic heterocycles. The number of Topliss-reactive ketones (excluding diaryl/α,β-unsaturated/α-hetero) is 1. The Hall–Kier alpha value is -3.95. The maximum Gasteiger partial charge on any atom is 0.339 e. The predicted molar refractivity (Wildman–Crippen MR) is 170 cm³/mol. The number of hydrazine groups is 1. The Morgan fingerprint density at radius 1 is 0.891 bits per heavy atom. The van der Waals surface area contributed by atoms with Gasteiger partial charge in [-0.3, -0.25) is 29.3 Å². The molecule has 3 amide bonds. The van der Waals surface area contributed by atoms with Crippen molar-refractivity contribution >= 4 is 71.2 Å². The number of aryl methyl sites for hydroxylation is 1. The Morgan fingerprint density at radius 2 is 1.41 bits per heavy atom. The van der Waals surface area contributed by atoms with Crippen molar-refractivity contribution in [3.63, 3.8) is 0 Å². The molecule has 3 aromatic rings. The molecule has 6 rings (SSSR count). The third kappa shape index (κ3) is 5.53. The summed E-state index contributed by atoms with van der Waals surface area (Å²) in [6, 6.07) is 15.9. The number of amides is 3. The van der Waals surface area contributed by atoms with Crippen molar-refractivity contribution in [2.24, 2.45) is 23.7 Å². The maximum atomic E-state index is 13.8. The Morgan fingerprint density at radius 3 is 1.93 bits per heavy atom. The number of carbonyl (C=O) groups excluding carboxylic acids is 4. The molecule has 3 aromatic carbocycles. The van der Waals surface area contributed by atoms with Crippen molar-refractivity contribution in [2.75, 3.05) is 6.54 Å². The first-order valence-electron chi connectivity index (χ1n) is 14.1. The molecular formula is C31H25Br2N3O9S. The standard InChI is InChI=1S/C31H25Br2N3O9S/c1-16-2-12-21(13-3-16)46(43,44)45-20-10-6-17(7-11-20)24(37)15-34(29(38)18-4-8-19(9-5-18)36(41)42)35-30(39)25-22-14-23(26(25)31(35)40)28(33)27(22)32/h2-13,22-23,25-28H,14-15H2,1H3/t22-,23-,25-,26+,27+,28+/m1/s1. The summed E-state index contributed by atoms with van der Waals surface area (Å²) in [4.78, 5) is 65.3. The number of nitrogens with zero attached hydrogens (tertiary/aromatic N) is 3. The minimum Gasteiger partial charge on any atom is -0.379 e. The van der Waals surface area contributed by atoms with E-state index in [1.807, 2.05) is 6.92 Å². The zero-order valence-electron chi connectivity index (χ0n) is 24.0. The average molecular weight is 775 g/mol. The lowest BCUT2D eigenvalue weighted by Crippen LogP contribution is -2.52. The van der Waals surface area contributed by atoms with Crippen LogP contribution in [0.25, 0.3) is 0 Å². The highest BCUT2D eigenvalue weighted by molar-refractivity contribution is 9.12. The molecule has 2 saturated carbocycles. The molecule has 0 unspecified atom stereocenters. The molecule has 0 spiro atoms. The van der Waals surface area contributed by atoms with Crippen molar-refractivity contribution in [1.82, 2.24) is 10.0 Å². The number of rotatable bonds is 9. The van der Waals surface area contributed by atoms with Gasteiger partial charge < -0.3 is 4.18 Å². The van der Waals surface area contributed by atoms with E-state index >= 15 is 0 Å². The van der Waals surface area contributed by atoms with Gasteiger partial charge in [-0.2, -0.15) is 13.4 Å². The summed E-state index contributed by atoms with van der Waals surface area (Å²) in [5.74, 6) is -4.35. The third-order valence-corrected chi connectivity index (χ3v) is 13.2. The van der Waals surface area contributed by atoms with Gasteiger partial charge in [-0.25, -0.2) is 5.01 Å². The molecule has 6 atom stereocenters. The lowest BCUT2D eigenvalue weighted by atomic mass is 9.81. The first kappa shape index (κ1) is 32.0. The Balaban J connectivity index is 1.27. The fourth-order valence-electron chi connectivity index (χ4n) is 6.48. The first-order chi connectivity index (χ1) is 21.8. The largest absolute Gasteiger partial charge is 0.379 e. The molecule has 12 nitrogen and oxygen atoms in total. The number of ketones is 1. The number of non-ortho nitro benzene ring substituents is 1. The topological polar surface area (TPSA) is 161 Å². The highest BCUT2D eigenvalue weighted by Crippen LogP contribution is 2.60. The molecule has 0 radical (unpaired) electrons. The molecule has 2 aliphatic carbocycles. The van der Waals surface area contributed by atoms with Gasteiger partial charge in [0.25, 0.3) is 23.4 Å². The van der Waals surface area contributed by atoms with Crippen molar-refractivity contribution in [3.05, 3.63) is 99.6 Å². The van der Waals surface area contributed by atoms with E-state index in [-0.39, 0.29) is 48.9 Å². The molecule has 46 heavy (non-hydrogen) atoms. The van der Waals surface area contributed by atoms with E-state index < -0.39 is 56.9 Å². The zero-order chi connectivity index (χ0) is 33.1. The van der Waals surface area contributed by atoms with E-state index in [1.54, 1.807) is 12.1 Å². The molecule has 238 valence electrons. The Kier molecular flexibility index (Phi) is 8.36. The van der Waals surface area contributed by atoms with Crippen LogP contribution in [0.5, 0.6) is 5.75 Å². The van der Waals surface area contributed by atoms with Crippen molar-refractivity contribution in [2.45, 2.75) is 27.9 Å². The maximum absolute atomic E-state index is 13.8. The van der Waals surface area contributed by atoms with E-state index in [2.05, 4.69) is 31.9 Å². The molecule has 3 fully saturated rings. The minimum atomic E-state index is -4.14. The second-order valence-corrected chi connectivity index (χ2v) is 15.1. The molecule has 1 heterocycles. The number of benzene rings is 3. The van der Waals surface area contributed by atoms with Crippen LogP contribution in [0.15, 0.2) is 77.7 Å². The van der Waals surface area contributed by atoms with E-state index in [0.29, 0.717) is 6.42 Å². The van der Waals surface area contributed by atoms with Crippen LogP contribution in [0.4, 0.5) is 5.69 Å². The van der Waals surface area contributed by atoms with Crippen molar-refractivity contribution < 1.29 is 36.7 Å². The van der Waals surface area contributed by atoms with Gasteiger partial charge in [0.2, 0.25) is 0 Å². The van der Waals surface area contributed by atoms with Gasteiger partial charge in [-0.05, 0) is 73.7 Å². The van der Waals surface area contributed by atoms with Gasteiger partial charge in [0.05, 0.1) is 16.8 Å². The SMILES string of the molecule is Cc1ccc(S(=O)(=O)Oc2ccc(C(=O)CN(C(=O)c3ccc([N+](=O)[O-])cc3)N3C(=O)[C@@H]4[C@H]5C[C@@H]([C@H](Br)[C@H]5Br)[C@@H]4C3=O)cc2)cc1. The Bertz CT molecular complexity index is 1840. The summed E-state index contributed by atoms with van der Waals surface area (Å²) in [6.45, 7) is 1.11. The molecule has 2 bridgehead atoms. The fourth-order valence-corrected chi connectivity index (χ4v) is 9.29. The van der Waals surface area contributed by atoms with Gasteiger partial charge in [0, 0.05) is 32.9 Å². The van der Waals surface area contributed by atoms with Crippen LogP contribution in [0.3, 0.4) is 0 Å². The summed E-state index contributed by atoms with van der Waals surface area (Å²) in [7, 11) is -4.14. The summed E-state index contributed by atoms with van der Waals surface area (Å²) < 4.78 is 30.6. The highest BCUT2D eigenvalue weighted by atomic mass is 79.9. The number of hydrogen-bond donors (Lipinski definition) is 0. The molecular weight excluding hydrogens is 750 g/mol. The van der Waals surface area contributed by atoms with Crippen LogP contribution in [-0.4, -0.2) is 63.1 Å². The van der Waals surface area contributed by atoms with E-state index in [4.69, 9.17) is 4.18 Å². The van der Waals surface area contributed by atoms with Gasteiger partial charge in [-0.15, -0.1) is 0 Å². The van der Waals surface area contributed by atoms with E-state index in [9.17, 15) is 37.7 Å². The number of alkyl halides is 2. The summed E-state index contributed by atoms with van der Waals surface area (Å²) >= 11 is 7.26. The molecule has 15 heteroatoms. The van der Waals surface area contributed by atoms with Crippen LogP contribution < -0.4 is 4.18 Å². The fraction of sp³-hybridized carbons (Fsp3) is 0.290. The molecule has 3 aliphatic rings. The predicted octanol–water partition coefficient (Wildman–Crippen LogP) is 4.69. The van der Waals surface area contributed by atoms with Gasteiger partial charge in [0.1, 0.15) is 17.2 Å². The second kappa shape index (κ2) is 12.0. The summed E-state index contributed by atoms with van der Waals surface area (Å²) in [6.07, 6.45) is 0.662. The third-order valence-electron chi connectivity index (χ3n) is 8.75. The average Bonchev–Trinajstić information content (AvgIpc) is 3.64. The number of imide groups is 1. The number of nitro groups is 1. The van der Waals surface area contributed by atoms with Crippen LogP contribution in [0, 0.1) is 40.7 Å². The first-order valence-corrected chi connectivity index (χ1v) is 17.4. The van der Waals surface area contributed by atoms with Gasteiger partial charge in [0.15, 0.2) is 5.78 Å². The van der Waals surface area contributed by atoms with Crippen LogP contribution in [0.2, 0.25) is 0 Å². The monoisotopic (exact) mass is 773 g/mol. The lowest BCUT2D eigenvalue weighted by molar-refractivity contribution is -0.384. The van der Waals surface area contributed by atoms with Crippen molar-refractivity contribution in [1.29, 1.82) is 0 Å². The van der Waals surface area contributed by atoms with E-state index in [1.165, 1.54) is 48.5 Å². The second-order valence-electron chi connectivity index (χ2n) is 11.5. The molecule has 1 aliphatic heterocycles. The quantitative estimate of drug-likeness (QED) is 0.0751. The van der Waals surface area contributed by atoms with Gasteiger partial charge >= 0.3 is 10.1 Å². The summed E-state index contributed by atoms with van der Waals surface area (Å²) in [5.41, 5.74) is 0.593. The smallest absolute Gasteiger partial charge is 0.339 e. The number of halogens is 2. The van der Waals surface area contributed by atoms with Crippen LogP contribution in [-0.2, 0) is 19.7 Å². The Labute approximate surface area is 280 Å². The summed E-state index contributed by atoms with van der Waals surface area (Å²) in [5, 5.41) is 12.7. The van der Waals surface area contributed by atoms with Crippen LogP contribution >= 0.6 is 31.9 Å².